The van der Waals surface area contributed by atoms with Crippen LogP contribution in [-0.4, -0.2) is 62.1 Å². The second-order valence-corrected chi connectivity index (χ2v) is 13.3. The molecule has 0 spiro atoms. The molecule has 2 aromatic carbocycles. The summed E-state index contributed by atoms with van der Waals surface area (Å²) >= 11 is 0. The molecule has 6 aromatic rings. The van der Waals surface area contributed by atoms with Gasteiger partial charge in [0.1, 0.15) is 11.4 Å². The number of hydrogen-bond donors (Lipinski definition) is 1. The molecular formula is C39H47N11O3. The van der Waals surface area contributed by atoms with Crippen LogP contribution in [0.5, 0.6) is 0 Å². The highest BCUT2D eigenvalue weighted by molar-refractivity contribution is 5.98. The van der Waals surface area contributed by atoms with E-state index in [0.29, 0.717) is 60.9 Å². The van der Waals surface area contributed by atoms with Crippen LogP contribution in [0.1, 0.15) is 77.3 Å². The summed E-state index contributed by atoms with van der Waals surface area (Å²) in [6.07, 6.45) is 0. The number of carbonyl (C=O) groups excluding carboxylic acids is 3. The van der Waals surface area contributed by atoms with E-state index in [1.54, 1.807) is 27.6 Å². The summed E-state index contributed by atoms with van der Waals surface area (Å²) in [6, 6.07) is 17.0. The predicted molar refractivity (Wildman–Crippen MR) is 203 cm³/mol. The zero-order chi connectivity index (χ0) is 38.1. The lowest BCUT2D eigenvalue weighted by atomic mass is 10.1. The highest BCUT2D eigenvalue weighted by atomic mass is 16.2. The van der Waals surface area contributed by atoms with Crippen LogP contribution in [0.25, 0.3) is 22.1 Å². The van der Waals surface area contributed by atoms with Crippen molar-refractivity contribution in [2.75, 3.05) is 6.54 Å². The minimum absolute atomic E-state index is 0.174. The number of benzene rings is 2. The van der Waals surface area contributed by atoms with Gasteiger partial charge in [0.05, 0.1) is 33.5 Å². The first-order valence-electron chi connectivity index (χ1n) is 17.9. The van der Waals surface area contributed by atoms with Gasteiger partial charge in [-0.1, -0.05) is 23.3 Å². The first-order valence-corrected chi connectivity index (χ1v) is 17.9. The van der Waals surface area contributed by atoms with E-state index in [9.17, 15) is 14.4 Å². The van der Waals surface area contributed by atoms with Crippen molar-refractivity contribution in [3.05, 3.63) is 105 Å². The molecule has 0 atom stereocenters. The lowest BCUT2D eigenvalue weighted by Gasteiger charge is -2.12. The van der Waals surface area contributed by atoms with Crippen LogP contribution in [-0.2, 0) is 40.3 Å². The predicted octanol–water partition coefficient (Wildman–Crippen LogP) is 4.59. The number of fused-ring (bicyclic) bond motifs is 2. The van der Waals surface area contributed by atoms with Crippen molar-refractivity contribution < 1.29 is 14.4 Å². The Hall–Kier alpha value is -6.05. The third kappa shape index (κ3) is 6.96. The van der Waals surface area contributed by atoms with Crippen molar-refractivity contribution >= 4 is 39.8 Å². The van der Waals surface area contributed by atoms with Crippen LogP contribution in [0.2, 0.25) is 0 Å². The summed E-state index contributed by atoms with van der Waals surface area (Å²) < 4.78 is 11.2. The molecular weight excluding hydrogens is 671 g/mol. The third-order valence-electron chi connectivity index (χ3n) is 9.61. The Morgan fingerprint density at radius 2 is 1.13 bits per heavy atom. The van der Waals surface area contributed by atoms with E-state index < -0.39 is 5.91 Å². The molecule has 4 aromatic heterocycles. The molecule has 4 heterocycles. The standard InChI is InChI=1S/C39H47N11O3/c1-10-40-35(51)28-17-18-31-32(21-28)46(9)39(42-37(53)34-20-27(7)44-50(34)12-3)48(31)23-25(5)24(4)22-47-30-16-14-13-15-29(30)45(8)38(47)41-36(52)33-19-26(6)43-49(33)11-2/h13-21H,10-12,22-23H2,1-9H3,(H,40,51)/b25-24+,41-38+,42-39+. The van der Waals surface area contributed by atoms with Crippen LogP contribution in [0.3, 0.4) is 0 Å². The quantitative estimate of drug-likeness (QED) is 0.206. The van der Waals surface area contributed by atoms with Gasteiger partial charge in [-0.25, -0.2) is 0 Å². The molecule has 276 valence electrons. The van der Waals surface area contributed by atoms with Crippen molar-refractivity contribution in [1.82, 2.24) is 43.1 Å². The Morgan fingerprint density at radius 3 is 1.62 bits per heavy atom. The molecule has 0 aliphatic rings. The molecule has 3 amide bonds. The van der Waals surface area contributed by atoms with Crippen molar-refractivity contribution in [1.29, 1.82) is 0 Å². The molecule has 0 aliphatic carbocycles. The fraction of sp³-hybridized carbons (Fsp3) is 0.359. The van der Waals surface area contributed by atoms with E-state index in [0.717, 1.165) is 44.6 Å². The molecule has 53 heavy (non-hydrogen) atoms. The minimum atomic E-state index is -0.406. The number of allylic oxidation sites excluding steroid dienone is 2. The van der Waals surface area contributed by atoms with Crippen LogP contribution < -0.4 is 16.6 Å². The number of nitrogens with one attached hydrogen (secondary N) is 1. The van der Waals surface area contributed by atoms with Gasteiger partial charge in [-0.05, 0) is 90.9 Å². The Labute approximate surface area is 307 Å². The number of imidazole rings is 2. The topological polar surface area (TPSA) is 143 Å². The van der Waals surface area contributed by atoms with E-state index >= 15 is 0 Å². The van der Waals surface area contributed by atoms with Crippen LogP contribution in [0.15, 0.2) is 75.7 Å². The third-order valence-corrected chi connectivity index (χ3v) is 9.61. The van der Waals surface area contributed by atoms with E-state index in [-0.39, 0.29) is 11.8 Å². The largest absolute Gasteiger partial charge is 0.352 e. The summed E-state index contributed by atoms with van der Waals surface area (Å²) in [4.78, 5) is 49.5. The fourth-order valence-corrected chi connectivity index (χ4v) is 6.73. The van der Waals surface area contributed by atoms with Gasteiger partial charge in [-0.3, -0.25) is 23.7 Å². The smallest absolute Gasteiger partial charge is 0.298 e. The highest BCUT2D eigenvalue weighted by Crippen LogP contribution is 2.20. The van der Waals surface area contributed by atoms with Gasteiger partial charge in [0.2, 0.25) is 11.2 Å². The number of amides is 3. The molecule has 1 N–H and O–H groups in total. The summed E-state index contributed by atoms with van der Waals surface area (Å²) in [5, 5.41) is 11.8. The summed E-state index contributed by atoms with van der Waals surface area (Å²) in [7, 11) is 3.76. The molecule has 14 heteroatoms. The van der Waals surface area contributed by atoms with Gasteiger partial charge in [0, 0.05) is 52.4 Å². The van der Waals surface area contributed by atoms with Gasteiger partial charge >= 0.3 is 0 Å². The van der Waals surface area contributed by atoms with Gasteiger partial charge in [-0.15, -0.1) is 0 Å². The van der Waals surface area contributed by atoms with Crippen molar-refractivity contribution in [2.45, 2.75) is 74.6 Å². The van der Waals surface area contributed by atoms with Gasteiger partial charge < -0.3 is 23.6 Å². The number of para-hydroxylation sites is 2. The van der Waals surface area contributed by atoms with Crippen molar-refractivity contribution in [2.24, 2.45) is 24.1 Å². The van der Waals surface area contributed by atoms with E-state index in [4.69, 9.17) is 0 Å². The molecule has 0 fully saturated rings. The molecule has 0 aliphatic heterocycles. The molecule has 0 unspecified atom stereocenters. The molecule has 6 rings (SSSR count). The lowest BCUT2D eigenvalue weighted by Crippen LogP contribution is -2.28. The summed E-state index contributed by atoms with van der Waals surface area (Å²) in [6.45, 7) is 16.1. The lowest BCUT2D eigenvalue weighted by molar-refractivity contribution is 0.0952. The second kappa shape index (κ2) is 14.9. The monoisotopic (exact) mass is 717 g/mol. The van der Waals surface area contributed by atoms with Crippen molar-refractivity contribution in [3.63, 3.8) is 0 Å². The first kappa shape index (κ1) is 36.7. The minimum Gasteiger partial charge on any atom is -0.352 e. The number of nitrogens with zero attached hydrogens (tertiary/aromatic N) is 10. The molecule has 0 saturated heterocycles. The van der Waals surface area contributed by atoms with E-state index in [1.807, 2.05) is 98.8 Å². The normalized spacial score (nSPS) is 13.0. The maximum absolute atomic E-state index is 13.7. The van der Waals surface area contributed by atoms with Crippen LogP contribution in [0.4, 0.5) is 0 Å². The van der Waals surface area contributed by atoms with Crippen LogP contribution >= 0.6 is 0 Å². The SMILES string of the molecule is CCNC(=O)c1ccc2c(c1)n(C)/c(=N\C(=O)c1cc(C)nn1CC)n2C/C(C)=C(\C)Cn1/c(=N/C(=O)c2cc(C)nn2CC)n(C)c2ccccc21. The Balaban J connectivity index is 1.47. The number of hydrogen-bond acceptors (Lipinski definition) is 5. The van der Waals surface area contributed by atoms with E-state index in [2.05, 4.69) is 43.9 Å². The zero-order valence-electron chi connectivity index (χ0n) is 31.9. The number of aromatic nitrogens is 8. The average Bonchev–Trinajstić information content (AvgIpc) is 3.87. The zero-order valence-corrected chi connectivity index (χ0v) is 31.9. The molecule has 14 nitrogen and oxygen atoms in total. The average molecular weight is 718 g/mol. The maximum atomic E-state index is 13.7. The Kier molecular flexibility index (Phi) is 10.3. The maximum Gasteiger partial charge on any atom is 0.298 e. The molecule has 0 bridgehead atoms. The Morgan fingerprint density at radius 1 is 0.660 bits per heavy atom. The number of rotatable bonds is 10. The van der Waals surface area contributed by atoms with Crippen molar-refractivity contribution in [3.8, 4) is 0 Å². The summed E-state index contributed by atoms with van der Waals surface area (Å²) in [5.74, 6) is -0.942. The molecule has 0 radical (unpaired) electrons. The number of carbonyl (C=O) groups is 3. The molecule has 0 saturated carbocycles. The van der Waals surface area contributed by atoms with E-state index in [1.165, 1.54) is 0 Å². The van der Waals surface area contributed by atoms with Gasteiger partial charge in [0.25, 0.3) is 17.7 Å². The van der Waals surface area contributed by atoms with Gasteiger partial charge in [0.15, 0.2) is 0 Å². The fourth-order valence-electron chi connectivity index (χ4n) is 6.73. The highest BCUT2D eigenvalue weighted by Gasteiger charge is 2.19. The Bertz CT molecular complexity index is 2580. The van der Waals surface area contributed by atoms with Crippen LogP contribution in [0, 0.1) is 13.8 Å². The first-order chi connectivity index (χ1) is 25.4. The summed E-state index contributed by atoms with van der Waals surface area (Å²) in [5.41, 5.74) is 9.36. The van der Waals surface area contributed by atoms with Gasteiger partial charge in [-0.2, -0.15) is 20.2 Å². The number of aryl methyl sites for hydroxylation is 6. The second-order valence-electron chi connectivity index (χ2n) is 13.3.